The van der Waals surface area contributed by atoms with E-state index in [1.54, 1.807) is 0 Å². The standard InChI is InChI=1S/C15H16F2N4O2S2/c1-8(2)5-12(22)19-14-20-21-15(25-14)24-7-13(23)18-11-4-3-9(16)6-10(11)17/h3-4,6,8H,5,7H2,1-2H3,(H,18,23)(H,19,20,22). The number of carbonyl (C=O) groups is 2. The molecule has 6 nitrogen and oxygen atoms in total. The Morgan fingerprint density at radius 3 is 2.64 bits per heavy atom. The molecule has 0 aliphatic heterocycles. The molecular weight excluding hydrogens is 370 g/mol. The summed E-state index contributed by atoms with van der Waals surface area (Å²) in [7, 11) is 0. The predicted molar refractivity (Wildman–Crippen MR) is 93.7 cm³/mol. The molecule has 0 fully saturated rings. The zero-order valence-corrected chi connectivity index (χ0v) is 15.1. The van der Waals surface area contributed by atoms with Crippen LogP contribution in [0.3, 0.4) is 0 Å². The third-order valence-corrected chi connectivity index (χ3v) is 4.75. The number of thioether (sulfide) groups is 1. The summed E-state index contributed by atoms with van der Waals surface area (Å²) in [5.74, 6) is -1.96. The van der Waals surface area contributed by atoms with E-state index >= 15 is 0 Å². The number of anilines is 2. The highest BCUT2D eigenvalue weighted by Gasteiger charge is 2.12. The van der Waals surface area contributed by atoms with Crippen LogP contribution in [0.1, 0.15) is 20.3 Å². The van der Waals surface area contributed by atoms with Crippen molar-refractivity contribution in [1.29, 1.82) is 0 Å². The molecule has 0 atom stereocenters. The van der Waals surface area contributed by atoms with Crippen LogP contribution in [0.5, 0.6) is 0 Å². The van der Waals surface area contributed by atoms with Crippen LogP contribution in [0.15, 0.2) is 22.5 Å². The second-order valence-corrected chi connectivity index (χ2v) is 7.68. The Bertz CT molecular complexity index is 768. The first kappa shape index (κ1) is 19.3. The third-order valence-electron chi connectivity index (χ3n) is 2.78. The average Bonchev–Trinajstić information content (AvgIpc) is 2.94. The highest BCUT2D eigenvalue weighted by molar-refractivity contribution is 8.01. The van der Waals surface area contributed by atoms with Gasteiger partial charge < -0.3 is 10.6 Å². The van der Waals surface area contributed by atoms with Crippen molar-refractivity contribution in [3.05, 3.63) is 29.8 Å². The third kappa shape index (κ3) is 6.39. The topological polar surface area (TPSA) is 84.0 Å². The van der Waals surface area contributed by atoms with Gasteiger partial charge in [0.05, 0.1) is 11.4 Å². The highest BCUT2D eigenvalue weighted by atomic mass is 32.2. The Labute approximate surface area is 151 Å². The Morgan fingerprint density at radius 2 is 1.96 bits per heavy atom. The summed E-state index contributed by atoms with van der Waals surface area (Å²) >= 11 is 2.25. The molecule has 2 amide bonds. The second-order valence-electron chi connectivity index (χ2n) is 5.48. The van der Waals surface area contributed by atoms with E-state index in [2.05, 4.69) is 20.8 Å². The largest absolute Gasteiger partial charge is 0.323 e. The van der Waals surface area contributed by atoms with Gasteiger partial charge in [0.25, 0.3) is 0 Å². The van der Waals surface area contributed by atoms with Crippen molar-refractivity contribution in [1.82, 2.24) is 10.2 Å². The number of nitrogens with zero attached hydrogens (tertiary/aromatic N) is 2. The number of hydrogen-bond acceptors (Lipinski definition) is 6. The molecule has 0 saturated heterocycles. The number of nitrogens with one attached hydrogen (secondary N) is 2. The fraction of sp³-hybridized carbons (Fsp3) is 0.333. The minimum atomic E-state index is -0.843. The molecular formula is C15H16F2N4O2S2. The molecule has 0 radical (unpaired) electrons. The van der Waals surface area contributed by atoms with E-state index in [4.69, 9.17) is 0 Å². The van der Waals surface area contributed by atoms with E-state index in [-0.39, 0.29) is 23.3 Å². The first-order valence-electron chi connectivity index (χ1n) is 7.34. The highest BCUT2D eigenvalue weighted by Crippen LogP contribution is 2.26. The maximum Gasteiger partial charge on any atom is 0.234 e. The predicted octanol–water partition coefficient (Wildman–Crippen LogP) is 3.53. The van der Waals surface area contributed by atoms with E-state index < -0.39 is 17.5 Å². The van der Waals surface area contributed by atoms with E-state index in [0.29, 0.717) is 22.0 Å². The van der Waals surface area contributed by atoms with Crippen LogP contribution in [-0.2, 0) is 9.59 Å². The molecule has 134 valence electrons. The lowest BCUT2D eigenvalue weighted by Crippen LogP contribution is -2.15. The van der Waals surface area contributed by atoms with E-state index in [1.807, 2.05) is 13.8 Å². The van der Waals surface area contributed by atoms with Crippen molar-refractivity contribution in [3.63, 3.8) is 0 Å². The molecule has 10 heteroatoms. The summed E-state index contributed by atoms with van der Waals surface area (Å²) < 4.78 is 26.8. The molecule has 2 N–H and O–H groups in total. The number of amides is 2. The Balaban J connectivity index is 1.83. The molecule has 2 rings (SSSR count). The van der Waals surface area contributed by atoms with Gasteiger partial charge in [-0.3, -0.25) is 9.59 Å². The van der Waals surface area contributed by atoms with Crippen molar-refractivity contribution in [3.8, 4) is 0 Å². The molecule has 2 aromatic rings. The van der Waals surface area contributed by atoms with Gasteiger partial charge in [-0.05, 0) is 18.1 Å². The van der Waals surface area contributed by atoms with Crippen molar-refractivity contribution in [2.24, 2.45) is 5.92 Å². The van der Waals surface area contributed by atoms with Gasteiger partial charge >= 0.3 is 0 Å². The van der Waals surface area contributed by atoms with E-state index in [1.165, 1.54) is 0 Å². The quantitative estimate of drug-likeness (QED) is 0.562. The fourth-order valence-corrected chi connectivity index (χ4v) is 3.33. The van der Waals surface area contributed by atoms with Crippen LogP contribution in [0.4, 0.5) is 19.6 Å². The van der Waals surface area contributed by atoms with E-state index in [9.17, 15) is 18.4 Å². The molecule has 25 heavy (non-hydrogen) atoms. The van der Waals surface area contributed by atoms with Crippen molar-refractivity contribution in [2.45, 2.75) is 24.6 Å². The minimum absolute atomic E-state index is 0.0224. The van der Waals surface area contributed by atoms with Crippen LogP contribution in [-0.4, -0.2) is 27.8 Å². The lowest BCUT2D eigenvalue weighted by Gasteiger charge is -2.05. The average molecular weight is 386 g/mol. The number of hydrogen-bond donors (Lipinski definition) is 2. The van der Waals surface area contributed by atoms with Crippen LogP contribution < -0.4 is 10.6 Å². The van der Waals surface area contributed by atoms with Gasteiger partial charge in [-0.2, -0.15) is 0 Å². The number of carbonyl (C=O) groups excluding carboxylic acids is 2. The summed E-state index contributed by atoms with van der Waals surface area (Å²) in [5, 5.41) is 13.1. The summed E-state index contributed by atoms with van der Waals surface area (Å²) in [6, 6.07) is 2.91. The second kappa shape index (κ2) is 8.86. The van der Waals surface area contributed by atoms with Crippen LogP contribution in [0.2, 0.25) is 0 Å². The first-order valence-corrected chi connectivity index (χ1v) is 9.14. The monoisotopic (exact) mass is 386 g/mol. The van der Waals surface area contributed by atoms with Crippen LogP contribution >= 0.6 is 23.1 Å². The Kier molecular flexibility index (Phi) is 6.82. The summed E-state index contributed by atoms with van der Waals surface area (Å²) in [6.45, 7) is 3.87. The number of benzene rings is 1. The summed E-state index contributed by atoms with van der Waals surface area (Å²) in [5.41, 5.74) is -0.0918. The molecule has 0 spiro atoms. The van der Waals surface area contributed by atoms with Crippen molar-refractivity contribution in [2.75, 3.05) is 16.4 Å². The zero-order valence-electron chi connectivity index (χ0n) is 13.5. The lowest BCUT2D eigenvalue weighted by atomic mass is 10.1. The minimum Gasteiger partial charge on any atom is -0.323 e. The fourth-order valence-electron chi connectivity index (χ4n) is 1.76. The normalized spacial score (nSPS) is 10.8. The van der Waals surface area contributed by atoms with Gasteiger partial charge in [-0.15, -0.1) is 10.2 Å². The number of aromatic nitrogens is 2. The SMILES string of the molecule is CC(C)CC(=O)Nc1nnc(SCC(=O)Nc2ccc(F)cc2F)s1. The summed E-state index contributed by atoms with van der Waals surface area (Å²) in [4.78, 5) is 23.5. The molecule has 1 aromatic heterocycles. The Hall–Kier alpha value is -2.07. The van der Waals surface area contributed by atoms with Gasteiger partial charge in [0, 0.05) is 12.5 Å². The smallest absolute Gasteiger partial charge is 0.234 e. The van der Waals surface area contributed by atoms with E-state index in [0.717, 1.165) is 35.2 Å². The molecule has 0 unspecified atom stereocenters. The lowest BCUT2D eigenvalue weighted by molar-refractivity contribution is -0.117. The van der Waals surface area contributed by atoms with Gasteiger partial charge in [-0.1, -0.05) is 36.9 Å². The molecule has 0 saturated carbocycles. The van der Waals surface area contributed by atoms with Gasteiger partial charge in [-0.25, -0.2) is 8.78 Å². The number of halogens is 2. The van der Waals surface area contributed by atoms with Gasteiger partial charge in [0.15, 0.2) is 4.34 Å². The van der Waals surface area contributed by atoms with Crippen LogP contribution in [0.25, 0.3) is 0 Å². The molecule has 1 heterocycles. The molecule has 0 aliphatic carbocycles. The maximum absolute atomic E-state index is 13.5. The Morgan fingerprint density at radius 1 is 1.20 bits per heavy atom. The maximum atomic E-state index is 13.5. The van der Waals surface area contributed by atoms with Gasteiger partial charge in [0.1, 0.15) is 11.6 Å². The van der Waals surface area contributed by atoms with Gasteiger partial charge in [0.2, 0.25) is 16.9 Å². The summed E-state index contributed by atoms with van der Waals surface area (Å²) in [6.07, 6.45) is 0.383. The van der Waals surface area contributed by atoms with Crippen molar-refractivity contribution < 1.29 is 18.4 Å². The molecule has 0 aliphatic rings. The first-order chi connectivity index (χ1) is 11.8. The molecule has 0 bridgehead atoms. The van der Waals surface area contributed by atoms with Crippen LogP contribution in [0, 0.1) is 17.6 Å². The van der Waals surface area contributed by atoms with Crippen molar-refractivity contribution >= 4 is 45.7 Å². The number of rotatable bonds is 7. The zero-order chi connectivity index (χ0) is 18.4. The molecule has 1 aromatic carbocycles.